The summed E-state index contributed by atoms with van der Waals surface area (Å²) in [6, 6.07) is 8.66. The molecule has 0 aliphatic rings. The third-order valence-corrected chi connectivity index (χ3v) is 3.14. The van der Waals surface area contributed by atoms with E-state index in [0.29, 0.717) is 0 Å². The van der Waals surface area contributed by atoms with Gasteiger partial charge in [-0.25, -0.2) is 0 Å². The number of aryl methyl sites for hydroxylation is 3. The lowest BCUT2D eigenvalue weighted by Crippen LogP contribution is -2.31. The van der Waals surface area contributed by atoms with Crippen LogP contribution in [0.5, 0.6) is 0 Å². The summed E-state index contributed by atoms with van der Waals surface area (Å²) < 4.78 is 1.85. The molecule has 0 radical (unpaired) electrons. The van der Waals surface area contributed by atoms with Crippen LogP contribution in [0.15, 0.2) is 30.5 Å². The molecule has 96 valence electrons. The number of rotatable bonds is 4. The third-order valence-electron chi connectivity index (χ3n) is 3.14. The van der Waals surface area contributed by atoms with Crippen molar-refractivity contribution >= 4 is 0 Å². The molecule has 4 heteroatoms. The molecule has 1 unspecified atom stereocenters. The van der Waals surface area contributed by atoms with Crippen LogP contribution >= 0.6 is 0 Å². The molecule has 0 bridgehead atoms. The predicted molar refractivity (Wildman–Crippen MR) is 72.9 cm³/mol. The Morgan fingerprint density at radius 1 is 1.28 bits per heavy atom. The van der Waals surface area contributed by atoms with E-state index < -0.39 is 0 Å². The van der Waals surface area contributed by atoms with Gasteiger partial charge in [-0.15, -0.1) is 0 Å². The van der Waals surface area contributed by atoms with E-state index in [-0.39, 0.29) is 6.04 Å². The molecule has 0 spiro atoms. The zero-order valence-corrected chi connectivity index (χ0v) is 11.1. The van der Waals surface area contributed by atoms with Crippen molar-refractivity contribution in [2.24, 2.45) is 12.9 Å². The van der Waals surface area contributed by atoms with Gasteiger partial charge in [0.25, 0.3) is 0 Å². The van der Waals surface area contributed by atoms with Gasteiger partial charge in [0.15, 0.2) is 0 Å². The number of aromatic nitrogens is 2. The molecule has 4 nitrogen and oxygen atoms in total. The second-order valence-corrected chi connectivity index (χ2v) is 4.80. The summed E-state index contributed by atoms with van der Waals surface area (Å²) in [7, 11) is 1.93. The first-order valence-electron chi connectivity index (χ1n) is 6.11. The van der Waals surface area contributed by atoms with Crippen LogP contribution in [0.2, 0.25) is 0 Å². The highest BCUT2D eigenvalue weighted by Gasteiger charge is 2.14. The lowest BCUT2D eigenvalue weighted by atomic mass is 10.00. The minimum Gasteiger partial charge on any atom is -0.271 e. The molecule has 1 aromatic carbocycles. The van der Waals surface area contributed by atoms with Crippen LogP contribution in [0.4, 0.5) is 0 Å². The van der Waals surface area contributed by atoms with E-state index in [0.717, 1.165) is 12.1 Å². The number of hydrazine groups is 1. The number of hydrogen-bond acceptors (Lipinski definition) is 3. The van der Waals surface area contributed by atoms with Gasteiger partial charge in [-0.2, -0.15) is 5.10 Å². The molecule has 1 atom stereocenters. The number of benzene rings is 1. The minimum absolute atomic E-state index is 0.0821. The van der Waals surface area contributed by atoms with Crippen molar-refractivity contribution in [3.8, 4) is 0 Å². The number of hydrogen-bond donors (Lipinski definition) is 2. The van der Waals surface area contributed by atoms with Gasteiger partial charge in [0, 0.05) is 13.2 Å². The van der Waals surface area contributed by atoms with E-state index in [1.807, 2.05) is 17.8 Å². The Balaban J connectivity index is 2.23. The third kappa shape index (κ3) is 2.78. The van der Waals surface area contributed by atoms with Gasteiger partial charge in [0.05, 0.1) is 11.7 Å². The molecular weight excluding hydrogens is 224 g/mol. The Kier molecular flexibility index (Phi) is 3.79. The molecule has 0 amide bonds. The SMILES string of the molecule is Cc1cc(C)cc(CC(NN)c2ccnn2C)c1. The fraction of sp³-hybridized carbons (Fsp3) is 0.357. The highest BCUT2D eigenvalue weighted by molar-refractivity contribution is 5.29. The highest BCUT2D eigenvalue weighted by Crippen LogP contribution is 2.18. The van der Waals surface area contributed by atoms with Crippen LogP contribution in [-0.4, -0.2) is 9.78 Å². The average Bonchev–Trinajstić information content (AvgIpc) is 2.71. The summed E-state index contributed by atoms with van der Waals surface area (Å²) in [4.78, 5) is 0. The molecule has 0 aliphatic carbocycles. The van der Waals surface area contributed by atoms with E-state index in [1.54, 1.807) is 6.20 Å². The molecule has 3 N–H and O–H groups in total. The van der Waals surface area contributed by atoms with Gasteiger partial charge < -0.3 is 0 Å². The van der Waals surface area contributed by atoms with Gasteiger partial charge in [0.1, 0.15) is 0 Å². The second-order valence-electron chi connectivity index (χ2n) is 4.80. The maximum atomic E-state index is 5.67. The van der Waals surface area contributed by atoms with E-state index in [4.69, 9.17) is 5.84 Å². The van der Waals surface area contributed by atoms with E-state index >= 15 is 0 Å². The van der Waals surface area contributed by atoms with Crippen molar-refractivity contribution in [2.45, 2.75) is 26.3 Å². The Morgan fingerprint density at radius 2 is 1.94 bits per heavy atom. The first kappa shape index (κ1) is 12.8. The standard InChI is InChI=1S/C14H20N4/c1-10-6-11(2)8-12(7-10)9-13(17-15)14-4-5-16-18(14)3/h4-8,13,17H,9,15H2,1-3H3. The van der Waals surface area contributed by atoms with Crippen molar-refractivity contribution in [1.29, 1.82) is 0 Å². The van der Waals surface area contributed by atoms with Crippen molar-refractivity contribution in [2.75, 3.05) is 0 Å². The molecule has 2 rings (SSSR count). The monoisotopic (exact) mass is 244 g/mol. The summed E-state index contributed by atoms with van der Waals surface area (Å²) in [6.45, 7) is 4.23. The zero-order chi connectivity index (χ0) is 13.1. The van der Waals surface area contributed by atoms with Gasteiger partial charge in [-0.05, 0) is 31.9 Å². The van der Waals surface area contributed by atoms with E-state index in [1.165, 1.54) is 16.7 Å². The molecule has 2 aromatic rings. The van der Waals surface area contributed by atoms with Gasteiger partial charge in [-0.3, -0.25) is 16.0 Å². The first-order valence-corrected chi connectivity index (χ1v) is 6.11. The summed E-state index contributed by atoms with van der Waals surface area (Å²) >= 11 is 0. The van der Waals surface area contributed by atoms with Crippen LogP contribution in [0.25, 0.3) is 0 Å². The Morgan fingerprint density at radius 3 is 2.44 bits per heavy atom. The first-order chi connectivity index (χ1) is 8.60. The smallest absolute Gasteiger partial charge is 0.0669 e. The van der Waals surface area contributed by atoms with Crippen LogP contribution in [0.1, 0.15) is 28.4 Å². The molecule has 0 saturated heterocycles. The average molecular weight is 244 g/mol. The predicted octanol–water partition coefficient (Wildman–Crippen LogP) is 1.78. The van der Waals surface area contributed by atoms with Gasteiger partial charge >= 0.3 is 0 Å². The second kappa shape index (κ2) is 5.33. The summed E-state index contributed by atoms with van der Waals surface area (Å²) in [6.07, 6.45) is 2.65. The largest absolute Gasteiger partial charge is 0.271 e. The van der Waals surface area contributed by atoms with Crippen molar-refractivity contribution in [3.05, 3.63) is 52.8 Å². The quantitative estimate of drug-likeness (QED) is 0.637. The van der Waals surface area contributed by atoms with Gasteiger partial charge in [0.2, 0.25) is 0 Å². The Bertz CT molecular complexity index is 510. The fourth-order valence-electron chi connectivity index (χ4n) is 2.40. The van der Waals surface area contributed by atoms with Crippen LogP contribution < -0.4 is 11.3 Å². The van der Waals surface area contributed by atoms with Crippen LogP contribution in [0, 0.1) is 13.8 Å². The summed E-state index contributed by atoms with van der Waals surface area (Å²) in [5.41, 5.74) is 7.82. The molecular formula is C14H20N4. The lowest BCUT2D eigenvalue weighted by molar-refractivity contribution is 0.508. The lowest BCUT2D eigenvalue weighted by Gasteiger charge is -2.17. The normalized spacial score (nSPS) is 12.7. The number of nitrogens with one attached hydrogen (secondary N) is 1. The molecule has 0 fully saturated rings. The maximum absolute atomic E-state index is 5.67. The van der Waals surface area contributed by atoms with Crippen LogP contribution in [-0.2, 0) is 13.5 Å². The topological polar surface area (TPSA) is 55.9 Å². The summed E-state index contributed by atoms with van der Waals surface area (Å²) in [5.74, 6) is 5.67. The van der Waals surface area contributed by atoms with Crippen LogP contribution in [0.3, 0.4) is 0 Å². The fourth-order valence-corrected chi connectivity index (χ4v) is 2.40. The Labute approximate surface area is 108 Å². The van der Waals surface area contributed by atoms with Crippen molar-refractivity contribution < 1.29 is 0 Å². The highest BCUT2D eigenvalue weighted by atomic mass is 15.3. The maximum Gasteiger partial charge on any atom is 0.0669 e. The van der Waals surface area contributed by atoms with Crippen molar-refractivity contribution in [3.63, 3.8) is 0 Å². The Hall–Kier alpha value is -1.65. The minimum atomic E-state index is 0.0821. The molecule has 0 aliphatic heterocycles. The van der Waals surface area contributed by atoms with E-state index in [2.05, 4.69) is 42.6 Å². The molecule has 1 heterocycles. The summed E-state index contributed by atoms with van der Waals surface area (Å²) in [5, 5.41) is 4.18. The number of nitrogens with two attached hydrogens (primary N) is 1. The van der Waals surface area contributed by atoms with Crippen molar-refractivity contribution in [1.82, 2.24) is 15.2 Å². The molecule has 0 saturated carbocycles. The molecule has 1 aromatic heterocycles. The number of nitrogens with zero attached hydrogens (tertiary/aromatic N) is 2. The molecule has 18 heavy (non-hydrogen) atoms. The van der Waals surface area contributed by atoms with Gasteiger partial charge in [-0.1, -0.05) is 29.3 Å². The van der Waals surface area contributed by atoms with E-state index in [9.17, 15) is 0 Å². The zero-order valence-electron chi connectivity index (χ0n) is 11.1.